The van der Waals surface area contributed by atoms with Crippen LogP contribution in [-0.4, -0.2) is 33.1 Å². The molecule has 0 aliphatic carbocycles. The first-order valence-corrected chi connectivity index (χ1v) is 7.99. The molecule has 1 aromatic rings. The molecule has 2 rings (SSSR count). The van der Waals surface area contributed by atoms with Crippen molar-refractivity contribution in [3.8, 4) is 0 Å². The molecular formula is C13H21BrClN3. The van der Waals surface area contributed by atoms with Crippen LogP contribution in [0.25, 0.3) is 0 Å². The van der Waals surface area contributed by atoms with E-state index in [0.717, 1.165) is 44.7 Å². The number of nitrogens with zero attached hydrogens (tertiary/aromatic N) is 3. The number of rotatable bonds is 4. The topological polar surface area (TPSA) is 21.1 Å². The zero-order valence-corrected chi connectivity index (χ0v) is 13.5. The number of halogens is 2. The Hall–Kier alpha value is -0.0600. The van der Waals surface area contributed by atoms with Crippen molar-refractivity contribution in [3.63, 3.8) is 0 Å². The van der Waals surface area contributed by atoms with Gasteiger partial charge in [0.2, 0.25) is 0 Å². The normalized spacial score (nSPS) is 21.4. The minimum absolute atomic E-state index is 0.307. The van der Waals surface area contributed by atoms with Crippen molar-refractivity contribution in [1.29, 1.82) is 0 Å². The highest BCUT2D eigenvalue weighted by molar-refractivity contribution is 9.10. The number of aryl methyl sites for hydroxylation is 2. The number of aromatic nitrogens is 2. The minimum atomic E-state index is 0.307. The molecule has 1 aliphatic heterocycles. The van der Waals surface area contributed by atoms with E-state index >= 15 is 0 Å². The van der Waals surface area contributed by atoms with Crippen LogP contribution in [0.4, 0.5) is 0 Å². The predicted octanol–water partition coefficient (Wildman–Crippen LogP) is 3.43. The molecule has 0 bridgehead atoms. The lowest BCUT2D eigenvalue weighted by Gasteiger charge is -2.29. The zero-order valence-electron chi connectivity index (χ0n) is 11.1. The van der Waals surface area contributed by atoms with Crippen molar-refractivity contribution >= 4 is 27.5 Å². The molecule has 3 nitrogen and oxygen atoms in total. The van der Waals surface area contributed by atoms with Crippen LogP contribution in [0.2, 0.25) is 0 Å². The molecular weight excluding hydrogens is 314 g/mol. The van der Waals surface area contributed by atoms with Crippen LogP contribution >= 0.6 is 27.5 Å². The van der Waals surface area contributed by atoms with Gasteiger partial charge in [0, 0.05) is 25.0 Å². The van der Waals surface area contributed by atoms with Crippen molar-refractivity contribution in [2.45, 2.75) is 51.6 Å². The van der Waals surface area contributed by atoms with Gasteiger partial charge in [0.05, 0.1) is 15.9 Å². The molecule has 18 heavy (non-hydrogen) atoms. The molecule has 1 unspecified atom stereocenters. The zero-order chi connectivity index (χ0) is 13.1. The predicted molar refractivity (Wildman–Crippen MR) is 79.1 cm³/mol. The number of piperidine rings is 1. The number of likely N-dealkylation sites (tertiary alicyclic amines) is 1. The van der Waals surface area contributed by atoms with Crippen LogP contribution in [0, 0.1) is 0 Å². The molecule has 0 amide bonds. The molecule has 102 valence electrons. The van der Waals surface area contributed by atoms with Crippen LogP contribution in [0.15, 0.2) is 4.47 Å². The van der Waals surface area contributed by atoms with Gasteiger partial charge in [0.15, 0.2) is 0 Å². The fraction of sp³-hybridized carbons (Fsp3) is 0.769. The highest BCUT2D eigenvalue weighted by Gasteiger charge is 2.21. The third-order valence-electron chi connectivity index (χ3n) is 3.52. The molecule has 0 saturated carbocycles. The van der Waals surface area contributed by atoms with Crippen LogP contribution < -0.4 is 0 Å². The van der Waals surface area contributed by atoms with E-state index in [-0.39, 0.29) is 0 Å². The van der Waals surface area contributed by atoms with Gasteiger partial charge in [-0.1, -0.05) is 6.92 Å². The Kier molecular flexibility index (Phi) is 5.10. The maximum absolute atomic E-state index is 6.25. The van der Waals surface area contributed by atoms with Gasteiger partial charge in [0.1, 0.15) is 0 Å². The molecule has 1 saturated heterocycles. The summed E-state index contributed by atoms with van der Waals surface area (Å²) in [4.78, 5) is 2.44. The van der Waals surface area contributed by atoms with E-state index in [4.69, 9.17) is 11.6 Å². The molecule has 1 atom stereocenters. The SMILES string of the molecule is CCc1nn(CC)c(CN2CCCC(Cl)C2)c1Br. The Morgan fingerprint density at radius 3 is 2.83 bits per heavy atom. The lowest BCUT2D eigenvalue weighted by Crippen LogP contribution is -2.36. The van der Waals surface area contributed by atoms with E-state index < -0.39 is 0 Å². The van der Waals surface area contributed by atoms with Crippen molar-refractivity contribution in [1.82, 2.24) is 14.7 Å². The lowest BCUT2D eigenvalue weighted by atomic mass is 10.1. The molecule has 0 aromatic carbocycles. The van der Waals surface area contributed by atoms with E-state index in [1.807, 2.05) is 0 Å². The van der Waals surface area contributed by atoms with E-state index in [9.17, 15) is 0 Å². The minimum Gasteiger partial charge on any atom is -0.296 e. The summed E-state index contributed by atoms with van der Waals surface area (Å²) in [6.45, 7) is 8.29. The van der Waals surface area contributed by atoms with Crippen molar-refractivity contribution < 1.29 is 0 Å². The van der Waals surface area contributed by atoms with Gasteiger partial charge < -0.3 is 0 Å². The smallest absolute Gasteiger partial charge is 0.0767 e. The van der Waals surface area contributed by atoms with Gasteiger partial charge in [-0.2, -0.15) is 5.10 Å². The Morgan fingerprint density at radius 1 is 1.44 bits per heavy atom. The van der Waals surface area contributed by atoms with Gasteiger partial charge in [0.25, 0.3) is 0 Å². The maximum atomic E-state index is 6.25. The molecule has 1 aliphatic rings. The van der Waals surface area contributed by atoms with Crippen LogP contribution in [0.3, 0.4) is 0 Å². The van der Waals surface area contributed by atoms with Crippen molar-refractivity contribution in [2.24, 2.45) is 0 Å². The molecule has 2 heterocycles. The Morgan fingerprint density at radius 2 is 2.22 bits per heavy atom. The molecule has 0 radical (unpaired) electrons. The summed E-state index contributed by atoms with van der Waals surface area (Å²) in [6.07, 6.45) is 3.32. The average Bonchev–Trinajstić information content (AvgIpc) is 2.66. The number of hydrogen-bond acceptors (Lipinski definition) is 2. The monoisotopic (exact) mass is 333 g/mol. The summed E-state index contributed by atoms with van der Waals surface area (Å²) in [7, 11) is 0. The van der Waals surface area contributed by atoms with E-state index in [0.29, 0.717) is 5.38 Å². The molecule has 1 fully saturated rings. The first kappa shape index (κ1) is 14.4. The fourth-order valence-corrected chi connectivity index (χ4v) is 3.56. The van der Waals surface area contributed by atoms with Crippen molar-refractivity contribution in [2.75, 3.05) is 13.1 Å². The fourth-order valence-electron chi connectivity index (χ4n) is 2.52. The van der Waals surface area contributed by atoms with E-state index in [1.165, 1.54) is 16.6 Å². The largest absolute Gasteiger partial charge is 0.296 e. The summed E-state index contributed by atoms with van der Waals surface area (Å²) in [5, 5.41) is 4.95. The highest BCUT2D eigenvalue weighted by atomic mass is 79.9. The second-order valence-corrected chi connectivity index (χ2v) is 6.26. The Balaban J connectivity index is 2.14. The summed E-state index contributed by atoms with van der Waals surface area (Å²) in [5.41, 5.74) is 2.45. The molecule has 0 spiro atoms. The molecule has 5 heteroatoms. The lowest BCUT2D eigenvalue weighted by molar-refractivity contribution is 0.217. The second kappa shape index (κ2) is 6.40. The molecule has 1 aromatic heterocycles. The Labute approximate surface area is 123 Å². The third kappa shape index (κ3) is 3.09. The third-order valence-corrected chi connectivity index (χ3v) is 4.79. The van der Waals surface area contributed by atoms with Crippen LogP contribution in [0.1, 0.15) is 38.1 Å². The van der Waals surface area contributed by atoms with Crippen molar-refractivity contribution in [3.05, 3.63) is 15.9 Å². The first-order chi connectivity index (χ1) is 8.65. The number of hydrogen-bond donors (Lipinski definition) is 0. The summed E-state index contributed by atoms with van der Waals surface area (Å²) < 4.78 is 3.30. The number of alkyl halides is 1. The van der Waals surface area contributed by atoms with Gasteiger partial charge in [-0.25, -0.2) is 0 Å². The second-order valence-electron chi connectivity index (χ2n) is 4.85. The first-order valence-electron chi connectivity index (χ1n) is 6.76. The summed E-state index contributed by atoms with van der Waals surface area (Å²) in [5.74, 6) is 0. The van der Waals surface area contributed by atoms with Gasteiger partial charge in [-0.3, -0.25) is 9.58 Å². The van der Waals surface area contributed by atoms with Gasteiger partial charge in [-0.15, -0.1) is 11.6 Å². The quantitative estimate of drug-likeness (QED) is 0.787. The summed E-state index contributed by atoms with van der Waals surface area (Å²) in [6, 6.07) is 0. The molecule has 0 N–H and O–H groups in total. The highest BCUT2D eigenvalue weighted by Crippen LogP contribution is 2.25. The Bertz CT molecular complexity index is 405. The summed E-state index contributed by atoms with van der Waals surface area (Å²) >= 11 is 9.95. The van der Waals surface area contributed by atoms with E-state index in [1.54, 1.807) is 0 Å². The van der Waals surface area contributed by atoms with Crippen LogP contribution in [0.5, 0.6) is 0 Å². The van der Waals surface area contributed by atoms with Gasteiger partial charge >= 0.3 is 0 Å². The standard InChI is InChI=1S/C13H21BrClN3/c1-3-11-13(14)12(18(4-2)16-11)9-17-7-5-6-10(15)8-17/h10H,3-9H2,1-2H3. The average molecular weight is 335 g/mol. The maximum Gasteiger partial charge on any atom is 0.0767 e. The van der Waals surface area contributed by atoms with Crippen LogP contribution in [-0.2, 0) is 19.5 Å². The van der Waals surface area contributed by atoms with Gasteiger partial charge in [-0.05, 0) is 48.7 Å². The van der Waals surface area contributed by atoms with E-state index in [2.05, 4.69) is 44.5 Å².